The summed E-state index contributed by atoms with van der Waals surface area (Å²) in [4.78, 5) is 24.3. The number of benzene rings is 3. The number of hydrogen-bond acceptors (Lipinski definition) is 6. The van der Waals surface area contributed by atoms with Crippen LogP contribution in [0.15, 0.2) is 94.3 Å². The Kier molecular flexibility index (Phi) is 6.32. The van der Waals surface area contributed by atoms with Gasteiger partial charge < -0.3 is 18.6 Å². The first-order valence-electron chi connectivity index (χ1n) is 9.90. The summed E-state index contributed by atoms with van der Waals surface area (Å²) in [6.07, 6.45) is 5.15. The molecule has 3 aromatic carbocycles. The largest absolute Gasteiger partial charge is 0.489 e. The zero-order chi connectivity index (χ0) is 22.3. The van der Waals surface area contributed by atoms with Crippen molar-refractivity contribution in [1.82, 2.24) is 0 Å². The van der Waals surface area contributed by atoms with Gasteiger partial charge in [0.2, 0.25) is 11.2 Å². The molecule has 0 atom stereocenters. The highest BCUT2D eigenvalue weighted by molar-refractivity contribution is 5.89. The van der Waals surface area contributed by atoms with Crippen molar-refractivity contribution in [2.45, 2.75) is 0 Å². The Morgan fingerprint density at radius 2 is 1.72 bits per heavy atom. The van der Waals surface area contributed by atoms with Gasteiger partial charge in [0.1, 0.15) is 30.0 Å². The molecule has 1 heterocycles. The van der Waals surface area contributed by atoms with Gasteiger partial charge in [0.05, 0.1) is 18.1 Å². The molecule has 6 nitrogen and oxygen atoms in total. The zero-order valence-corrected chi connectivity index (χ0v) is 17.3. The van der Waals surface area contributed by atoms with Gasteiger partial charge >= 0.3 is 5.97 Å². The Morgan fingerprint density at radius 1 is 0.969 bits per heavy atom. The first kappa shape index (κ1) is 20.9. The lowest BCUT2D eigenvalue weighted by atomic mass is 10.2. The lowest BCUT2D eigenvalue weighted by molar-refractivity contribution is 0.0600. The van der Waals surface area contributed by atoms with Crippen molar-refractivity contribution < 1.29 is 23.4 Å². The summed E-state index contributed by atoms with van der Waals surface area (Å²) in [5, 5.41) is 0.376. The molecule has 0 N–H and O–H groups in total. The summed E-state index contributed by atoms with van der Waals surface area (Å²) in [5.41, 5.74) is 1.57. The van der Waals surface area contributed by atoms with E-state index in [1.165, 1.54) is 13.4 Å². The summed E-state index contributed by atoms with van der Waals surface area (Å²) >= 11 is 0. The van der Waals surface area contributed by atoms with Gasteiger partial charge in [-0.1, -0.05) is 36.4 Å². The average molecular weight is 428 g/mol. The lowest BCUT2D eigenvalue weighted by Gasteiger charge is -2.08. The number of carbonyl (C=O) groups excluding carboxylic acids is 1. The van der Waals surface area contributed by atoms with E-state index in [1.807, 2.05) is 42.5 Å². The van der Waals surface area contributed by atoms with Gasteiger partial charge in [-0.3, -0.25) is 4.79 Å². The lowest BCUT2D eigenvalue weighted by Crippen LogP contribution is -2.05. The molecule has 160 valence electrons. The molecule has 0 aliphatic carbocycles. The van der Waals surface area contributed by atoms with Crippen molar-refractivity contribution in [3.63, 3.8) is 0 Å². The smallest absolute Gasteiger partial charge is 0.337 e. The van der Waals surface area contributed by atoms with Crippen LogP contribution in [0.2, 0.25) is 0 Å². The Bertz CT molecular complexity index is 1300. The van der Waals surface area contributed by atoms with E-state index < -0.39 is 5.97 Å². The minimum absolute atomic E-state index is 0.0442. The summed E-state index contributed by atoms with van der Waals surface area (Å²) in [5.74, 6) is 0.581. The minimum atomic E-state index is -0.449. The van der Waals surface area contributed by atoms with Gasteiger partial charge in [0.25, 0.3) is 0 Å². The average Bonchev–Trinajstić information content (AvgIpc) is 2.84. The van der Waals surface area contributed by atoms with Gasteiger partial charge in [-0.15, -0.1) is 0 Å². The van der Waals surface area contributed by atoms with Crippen molar-refractivity contribution >= 4 is 23.0 Å². The molecular formula is C26H20O6. The molecular weight excluding hydrogens is 408 g/mol. The predicted molar refractivity (Wildman–Crippen MR) is 121 cm³/mol. The van der Waals surface area contributed by atoms with E-state index in [0.717, 1.165) is 5.56 Å². The SMILES string of the molecule is COC(=O)c1ccc(Oc2coc3cc(OC/C=C/c4ccccc4)ccc3c2=O)cc1. The number of ether oxygens (including phenoxy) is 3. The number of carbonyl (C=O) groups is 1. The molecule has 4 aromatic rings. The van der Waals surface area contributed by atoms with Crippen LogP contribution in [0.1, 0.15) is 15.9 Å². The Morgan fingerprint density at radius 3 is 2.47 bits per heavy atom. The van der Waals surface area contributed by atoms with Gasteiger partial charge in [0, 0.05) is 6.07 Å². The normalized spacial score (nSPS) is 10.9. The maximum Gasteiger partial charge on any atom is 0.337 e. The second-order valence-corrected chi connectivity index (χ2v) is 6.83. The standard InChI is InChI=1S/C26H20O6/c1-29-26(28)19-9-11-20(12-10-19)32-24-17-31-23-16-21(13-14-22(23)25(24)27)30-15-5-8-18-6-3-2-4-7-18/h2-14,16-17H,15H2,1H3/b8-5+. The maximum atomic E-state index is 12.8. The van der Waals surface area contributed by atoms with E-state index in [1.54, 1.807) is 42.5 Å². The molecule has 0 radical (unpaired) electrons. The molecule has 0 aliphatic heterocycles. The first-order valence-corrected chi connectivity index (χ1v) is 9.90. The molecule has 0 saturated heterocycles. The van der Waals surface area contributed by atoms with Crippen molar-refractivity contribution in [3.8, 4) is 17.2 Å². The molecule has 6 heteroatoms. The highest BCUT2D eigenvalue weighted by atomic mass is 16.5. The summed E-state index contributed by atoms with van der Waals surface area (Å²) in [6, 6.07) is 21.2. The van der Waals surface area contributed by atoms with Crippen LogP contribution < -0.4 is 14.9 Å². The molecule has 0 amide bonds. The highest BCUT2D eigenvalue weighted by Crippen LogP contribution is 2.24. The quantitative estimate of drug-likeness (QED) is 0.364. The molecule has 1 aromatic heterocycles. The van der Waals surface area contributed by atoms with Crippen molar-refractivity contribution in [2.75, 3.05) is 13.7 Å². The monoisotopic (exact) mass is 428 g/mol. The van der Waals surface area contributed by atoms with Crippen LogP contribution in [0.4, 0.5) is 0 Å². The summed E-state index contributed by atoms with van der Waals surface area (Å²) < 4.78 is 21.6. The number of fused-ring (bicyclic) bond motifs is 1. The van der Waals surface area contributed by atoms with E-state index in [4.69, 9.17) is 13.9 Å². The van der Waals surface area contributed by atoms with Gasteiger partial charge in [-0.25, -0.2) is 4.79 Å². The van der Waals surface area contributed by atoms with Crippen LogP contribution >= 0.6 is 0 Å². The van der Waals surface area contributed by atoms with Crippen molar-refractivity contribution in [1.29, 1.82) is 0 Å². The molecule has 32 heavy (non-hydrogen) atoms. The van der Waals surface area contributed by atoms with Crippen molar-refractivity contribution in [2.24, 2.45) is 0 Å². The molecule has 0 spiro atoms. The van der Waals surface area contributed by atoms with Crippen LogP contribution in [-0.4, -0.2) is 19.7 Å². The van der Waals surface area contributed by atoms with Gasteiger partial charge in [-0.2, -0.15) is 0 Å². The topological polar surface area (TPSA) is 75.0 Å². The van der Waals surface area contributed by atoms with Crippen LogP contribution in [-0.2, 0) is 4.74 Å². The zero-order valence-electron chi connectivity index (χ0n) is 17.3. The van der Waals surface area contributed by atoms with Crippen LogP contribution in [0.25, 0.3) is 17.0 Å². The number of rotatable bonds is 7. The van der Waals surface area contributed by atoms with E-state index in [0.29, 0.717) is 34.6 Å². The minimum Gasteiger partial charge on any atom is -0.489 e. The fraction of sp³-hybridized carbons (Fsp3) is 0.0769. The second-order valence-electron chi connectivity index (χ2n) is 6.83. The number of methoxy groups -OCH3 is 1. The fourth-order valence-corrected chi connectivity index (χ4v) is 3.05. The number of hydrogen-bond donors (Lipinski definition) is 0. The second kappa shape index (κ2) is 9.66. The third kappa shape index (κ3) is 4.87. The van der Waals surface area contributed by atoms with Crippen LogP contribution in [0.5, 0.6) is 17.2 Å². The molecule has 4 rings (SSSR count). The van der Waals surface area contributed by atoms with E-state index in [2.05, 4.69) is 4.74 Å². The predicted octanol–water partition coefficient (Wildman–Crippen LogP) is 5.46. The van der Waals surface area contributed by atoms with E-state index in [9.17, 15) is 9.59 Å². The highest BCUT2D eigenvalue weighted by Gasteiger charge is 2.11. The van der Waals surface area contributed by atoms with Gasteiger partial charge in [0.15, 0.2) is 0 Å². The molecule has 0 aliphatic rings. The fourth-order valence-electron chi connectivity index (χ4n) is 3.05. The maximum absolute atomic E-state index is 12.8. The third-order valence-electron chi connectivity index (χ3n) is 4.67. The molecule has 0 fully saturated rings. The first-order chi connectivity index (χ1) is 15.6. The molecule has 0 saturated carbocycles. The Hall–Kier alpha value is -4.32. The van der Waals surface area contributed by atoms with Crippen LogP contribution in [0.3, 0.4) is 0 Å². The molecule has 0 bridgehead atoms. The number of esters is 1. The van der Waals surface area contributed by atoms with Gasteiger partial charge in [-0.05, 0) is 48.0 Å². The Labute approximate surface area is 184 Å². The van der Waals surface area contributed by atoms with Crippen LogP contribution in [0, 0.1) is 0 Å². The third-order valence-corrected chi connectivity index (χ3v) is 4.67. The summed E-state index contributed by atoms with van der Waals surface area (Å²) in [7, 11) is 1.31. The van der Waals surface area contributed by atoms with E-state index in [-0.39, 0.29) is 11.2 Å². The van der Waals surface area contributed by atoms with Crippen molar-refractivity contribution in [3.05, 3.63) is 106 Å². The molecule has 0 unspecified atom stereocenters. The summed E-state index contributed by atoms with van der Waals surface area (Å²) in [6.45, 7) is 0.382. The Balaban J connectivity index is 1.45. The van der Waals surface area contributed by atoms with E-state index >= 15 is 0 Å².